The van der Waals surface area contributed by atoms with E-state index in [9.17, 15) is 0 Å². The Bertz CT molecular complexity index is 687. The lowest BCUT2D eigenvalue weighted by Gasteiger charge is -2.36. The second-order valence-corrected chi connectivity index (χ2v) is 10.2. The molecule has 26 heavy (non-hydrogen) atoms. The third kappa shape index (κ3) is 4.03. The van der Waals surface area contributed by atoms with Gasteiger partial charge in [0.1, 0.15) is 0 Å². The SMILES string of the molecule is C/C=C1/C=C[C@H]2CCC=CC2/C1=C/C=C/C1C=CC2CC(I)CCC2C1. The molecule has 5 unspecified atom stereocenters. The van der Waals surface area contributed by atoms with E-state index < -0.39 is 0 Å². The molecule has 1 heteroatoms. The molecule has 138 valence electrons. The minimum Gasteiger partial charge on any atom is -0.0879 e. The first kappa shape index (κ1) is 18.5. The molecule has 1 fully saturated rings. The summed E-state index contributed by atoms with van der Waals surface area (Å²) in [7, 11) is 0. The highest BCUT2D eigenvalue weighted by atomic mass is 127. The molecule has 0 nitrogen and oxygen atoms in total. The number of hydrogen-bond acceptors (Lipinski definition) is 0. The van der Waals surface area contributed by atoms with Crippen molar-refractivity contribution in [2.24, 2.45) is 29.6 Å². The lowest BCUT2D eigenvalue weighted by Crippen LogP contribution is -2.27. The van der Waals surface area contributed by atoms with Crippen molar-refractivity contribution in [3.63, 3.8) is 0 Å². The number of rotatable bonds is 2. The summed E-state index contributed by atoms with van der Waals surface area (Å²) in [5, 5.41) is 0. The normalized spacial score (nSPS) is 42.4. The van der Waals surface area contributed by atoms with Gasteiger partial charge in [-0.2, -0.15) is 0 Å². The Morgan fingerprint density at radius 1 is 1.00 bits per heavy atom. The van der Waals surface area contributed by atoms with E-state index in [-0.39, 0.29) is 0 Å². The Hall–Kier alpha value is -0.830. The summed E-state index contributed by atoms with van der Waals surface area (Å²) in [6, 6.07) is 0. The summed E-state index contributed by atoms with van der Waals surface area (Å²) < 4.78 is 0.894. The fourth-order valence-electron chi connectivity index (χ4n) is 5.29. The minimum absolute atomic E-state index is 0.579. The molecule has 6 atom stereocenters. The number of halogens is 1. The van der Waals surface area contributed by atoms with Crippen LogP contribution in [-0.4, -0.2) is 3.92 Å². The van der Waals surface area contributed by atoms with Crippen LogP contribution in [0.2, 0.25) is 0 Å². The van der Waals surface area contributed by atoms with Gasteiger partial charge in [-0.1, -0.05) is 83.4 Å². The average molecular weight is 458 g/mol. The van der Waals surface area contributed by atoms with Crippen LogP contribution in [-0.2, 0) is 0 Å². The fourth-order valence-corrected chi connectivity index (χ4v) is 6.24. The van der Waals surface area contributed by atoms with E-state index >= 15 is 0 Å². The number of allylic oxidation sites excluding steroid dienone is 12. The zero-order valence-corrected chi connectivity index (χ0v) is 18.0. The van der Waals surface area contributed by atoms with Gasteiger partial charge in [-0.15, -0.1) is 0 Å². The average Bonchev–Trinajstić information content (AvgIpc) is 2.68. The van der Waals surface area contributed by atoms with E-state index in [1.54, 1.807) is 0 Å². The van der Waals surface area contributed by atoms with Gasteiger partial charge in [0, 0.05) is 9.84 Å². The van der Waals surface area contributed by atoms with Crippen molar-refractivity contribution < 1.29 is 0 Å². The van der Waals surface area contributed by atoms with Crippen molar-refractivity contribution in [2.75, 3.05) is 0 Å². The second-order valence-electron chi connectivity index (χ2n) is 8.42. The van der Waals surface area contributed by atoms with Gasteiger partial charge in [0.05, 0.1) is 0 Å². The number of hydrogen-bond donors (Lipinski definition) is 0. The standard InChI is InChI=1S/C25H31I/c1-2-19-12-13-20-7-3-4-8-25(20)24(19)9-5-6-18-10-11-22-17-23(26)15-14-21(22)16-18/h2,4-6,8-13,18,20-23,25H,3,7,14-17H2,1H3/b6-5+,19-2-,24-9+/t18?,20-,21?,22?,23?,25?/m1/s1. The first-order chi connectivity index (χ1) is 12.7. The third-order valence-electron chi connectivity index (χ3n) is 6.80. The van der Waals surface area contributed by atoms with Crippen LogP contribution in [0.1, 0.15) is 45.4 Å². The van der Waals surface area contributed by atoms with Crippen LogP contribution < -0.4 is 0 Å². The Kier molecular flexibility index (Phi) is 6.03. The molecule has 0 amide bonds. The Labute approximate surface area is 173 Å². The summed E-state index contributed by atoms with van der Waals surface area (Å²) in [6.07, 6.45) is 32.2. The van der Waals surface area contributed by atoms with Crippen molar-refractivity contribution in [3.05, 3.63) is 71.9 Å². The van der Waals surface area contributed by atoms with E-state index in [1.165, 1.54) is 49.7 Å². The van der Waals surface area contributed by atoms with Crippen molar-refractivity contribution in [3.8, 4) is 0 Å². The van der Waals surface area contributed by atoms with Crippen LogP contribution in [0, 0.1) is 29.6 Å². The monoisotopic (exact) mass is 458 g/mol. The van der Waals surface area contributed by atoms with Gasteiger partial charge in [0.2, 0.25) is 0 Å². The van der Waals surface area contributed by atoms with Gasteiger partial charge in [-0.25, -0.2) is 0 Å². The van der Waals surface area contributed by atoms with Crippen LogP contribution in [0.3, 0.4) is 0 Å². The van der Waals surface area contributed by atoms with Gasteiger partial charge in [-0.3, -0.25) is 0 Å². The van der Waals surface area contributed by atoms with Gasteiger partial charge in [0.25, 0.3) is 0 Å². The molecule has 0 radical (unpaired) electrons. The summed E-state index contributed by atoms with van der Waals surface area (Å²) >= 11 is 2.65. The van der Waals surface area contributed by atoms with E-state index in [0.717, 1.165) is 15.8 Å². The maximum atomic E-state index is 2.65. The van der Waals surface area contributed by atoms with Crippen LogP contribution in [0.5, 0.6) is 0 Å². The zero-order valence-electron chi connectivity index (χ0n) is 15.9. The topological polar surface area (TPSA) is 0 Å². The smallest absolute Gasteiger partial charge is 0.0115 e. The molecule has 0 spiro atoms. The van der Waals surface area contributed by atoms with Crippen molar-refractivity contribution in [1.29, 1.82) is 0 Å². The first-order valence-corrected chi connectivity index (χ1v) is 11.7. The molecule has 0 aromatic rings. The van der Waals surface area contributed by atoms with Crippen molar-refractivity contribution in [1.82, 2.24) is 0 Å². The predicted octanol–water partition coefficient (Wildman–Crippen LogP) is 7.36. The molecule has 0 bridgehead atoms. The molecular weight excluding hydrogens is 427 g/mol. The number of fused-ring (bicyclic) bond motifs is 2. The van der Waals surface area contributed by atoms with Crippen LogP contribution in [0.4, 0.5) is 0 Å². The van der Waals surface area contributed by atoms with Crippen molar-refractivity contribution in [2.45, 2.75) is 49.4 Å². The molecule has 0 aliphatic heterocycles. The van der Waals surface area contributed by atoms with E-state index in [0.29, 0.717) is 17.8 Å². The summed E-state index contributed by atoms with van der Waals surface area (Å²) in [4.78, 5) is 0. The largest absolute Gasteiger partial charge is 0.0879 e. The van der Waals surface area contributed by atoms with Crippen LogP contribution in [0.25, 0.3) is 0 Å². The van der Waals surface area contributed by atoms with Gasteiger partial charge in [-0.05, 0) is 80.3 Å². The highest BCUT2D eigenvalue weighted by Crippen LogP contribution is 2.42. The molecule has 0 N–H and O–H groups in total. The molecule has 4 aliphatic rings. The third-order valence-corrected chi connectivity index (χ3v) is 7.93. The Balaban J connectivity index is 1.48. The van der Waals surface area contributed by atoms with Crippen molar-refractivity contribution >= 4 is 22.6 Å². The van der Waals surface area contributed by atoms with Gasteiger partial charge < -0.3 is 0 Å². The molecule has 0 aromatic heterocycles. The summed E-state index contributed by atoms with van der Waals surface area (Å²) in [6.45, 7) is 2.16. The predicted molar refractivity (Wildman–Crippen MR) is 121 cm³/mol. The zero-order chi connectivity index (χ0) is 17.9. The lowest BCUT2D eigenvalue weighted by molar-refractivity contribution is 0.252. The Morgan fingerprint density at radius 2 is 1.92 bits per heavy atom. The van der Waals surface area contributed by atoms with Crippen LogP contribution in [0.15, 0.2) is 71.9 Å². The van der Waals surface area contributed by atoms with Crippen LogP contribution >= 0.6 is 22.6 Å². The van der Waals surface area contributed by atoms with Gasteiger partial charge >= 0.3 is 0 Å². The van der Waals surface area contributed by atoms with Gasteiger partial charge in [0.15, 0.2) is 0 Å². The minimum atomic E-state index is 0.579. The fraction of sp³-hybridized carbons (Fsp3) is 0.520. The summed E-state index contributed by atoms with van der Waals surface area (Å²) in [5.41, 5.74) is 2.91. The van der Waals surface area contributed by atoms with E-state index in [2.05, 4.69) is 90.3 Å². The second kappa shape index (κ2) is 8.46. The molecule has 0 aromatic carbocycles. The molecule has 0 heterocycles. The highest BCUT2D eigenvalue weighted by molar-refractivity contribution is 14.1. The van der Waals surface area contributed by atoms with E-state index in [4.69, 9.17) is 0 Å². The summed E-state index contributed by atoms with van der Waals surface area (Å²) in [5.74, 6) is 3.67. The maximum Gasteiger partial charge on any atom is 0.0115 e. The molecule has 0 saturated heterocycles. The molecular formula is C25H31I. The first-order valence-electron chi connectivity index (χ1n) is 10.5. The molecule has 4 aliphatic carbocycles. The highest BCUT2D eigenvalue weighted by Gasteiger charge is 2.31. The molecule has 1 saturated carbocycles. The quantitative estimate of drug-likeness (QED) is 0.230. The molecule has 4 rings (SSSR count). The Morgan fingerprint density at radius 3 is 2.81 bits per heavy atom. The number of alkyl halides is 1. The van der Waals surface area contributed by atoms with E-state index in [1.807, 2.05) is 0 Å². The lowest BCUT2D eigenvalue weighted by atomic mass is 9.71. The maximum absolute atomic E-state index is 2.65.